The third kappa shape index (κ3) is 4.69. The quantitative estimate of drug-likeness (QED) is 0.852. The number of pyridine rings is 1. The van der Waals surface area contributed by atoms with Crippen LogP contribution in [0.15, 0.2) is 35.8 Å². The van der Waals surface area contributed by atoms with Gasteiger partial charge in [-0.3, -0.25) is 0 Å². The Bertz CT molecular complexity index is 625. The maximum atomic E-state index is 12.3. The molecule has 0 saturated heterocycles. The SMILES string of the molecule is CC(C)C(NC(=O)NCc1cccnc1N(C)C)c1cccs1. The summed E-state index contributed by atoms with van der Waals surface area (Å²) in [6, 6.07) is 7.78. The molecule has 2 amide bonds. The highest BCUT2D eigenvalue weighted by molar-refractivity contribution is 7.10. The molecule has 0 radical (unpaired) electrons. The Morgan fingerprint density at radius 2 is 2.09 bits per heavy atom. The molecule has 0 spiro atoms. The van der Waals surface area contributed by atoms with E-state index in [0.29, 0.717) is 12.5 Å². The van der Waals surface area contributed by atoms with Crippen molar-refractivity contribution in [1.82, 2.24) is 15.6 Å². The zero-order valence-corrected chi connectivity index (χ0v) is 14.9. The number of aromatic nitrogens is 1. The fourth-order valence-electron chi connectivity index (χ4n) is 2.37. The van der Waals surface area contributed by atoms with E-state index in [-0.39, 0.29) is 12.1 Å². The molecule has 2 aromatic heterocycles. The fraction of sp³-hybridized carbons (Fsp3) is 0.412. The molecule has 124 valence electrons. The molecule has 0 aliphatic heterocycles. The van der Waals surface area contributed by atoms with Gasteiger partial charge in [-0.1, -0.05) is 26.0 Å². The van der Waals surface area contributed by atoms with Crippen molar-refractivity contribution in [3.05, 3.63) is 46.3 Å². The molecule has 2 rings (SSSR count). The fourth-order valence-corrected chi connectivity index (χ4v) is 3.32. The standard InChI is InChI=1S/C17H24N4OS/c1-12(2)15(14-8-6-10-23-14)20-17(22)19-11-13-7-5-9-18-16(13)21(3)4/h5-10,12,15H,11H2,1-4H3,(H2,19,20,22). The Balaban J connectivity index is 1.97. The van der Waals surface area contributed by atoms with E-state index in [9.17, 15) is 4.79 Å². The van der Waals surface area contributed by atoms with Gasteiger partial charge in [0.15, 0.2) is 0 Å². The van der Waals surface area contributed by atoms with Crippen LogP contribution in [0.25, 0.3) is 0 Å². The lowest BCUT2D eigenvalue weighted by Gasteiger charge is -2.22. The molecule has 0 fully saturated rings. The second-order valence-electron chi connectivity index (χ2n) is 5.94. The number of carbonyl (C=O) groups is 1. The summed E-state index contributed by atoms with van der Waals surface area (Å²) < 4.78 is 0. The first kappa shape index (κ1) is 17.3. The van der Waals surface area contributed by atoms with Crippen LogP contribution in [0.1, 0.15) is 30.3 Å². The minimum absolute atomic E-state index is 0.0252. The van der Waals surface area contributed by atoms with Crippen LogP contribution in [0.3, 0.4) is 0 Å². The maximum Gasteiger partial charge on any atom is 0.315 e. The first-order valence-corrected chi connectivity index (χ1v) is 8.56. The number of nitrogens with zero attached hydrogens (tertiary/aromatic N) is 2. The molecule has 1 atom stereocenters. The van der Waals surface area contributed by atoms with Gasteiger partial charge in [-0.15, -0.1) is 11.3 Å². The lowest BCUT2D eigenvalue weighted by Crippen LogP contribution is -2.39. The van der Waals surface area contributed by atoms with Crippen LogP contribution in [0, 0.1) is 5.92 Å². The molecule has 2 heterocycles. The number of thiophene rings is 1. The summed E-state index contributed by atoms with van der Waals surface area (Å²) in [4.78, 5) is 19.7. The van der Waals surface area contributed by atoms with Crippen molar-refractivity contribution in [2.45, 2.75) is 26.4 Å². The number of nitrogens with one attached hydrogen (secondary N) is 2. The van der Waals surface area contributed by atoms with Gasteiger partial charge in [0.1, 0.15) is 5.82 Å². The number of anilines is 1. The topological polar surface area (TPSA) is 57.3 Å². The van der Waals surface area contributed by atoms with Crippen LogP contribution < -0.4 is 15.5 Å². The lowest BCUT2D eigenvalue weighted by molar-refractivity contribution is 0.233. The molecular weight excluding hydrogens is 308 g/mol. The minimum Gasteiger partial charge on any atom is -0.362 e. The van der Waals surface area contributed by atoms with E-state index in [2.05, 4.69) is 35.5 Å². The Labute approximate surface area is 141 Å². The van der Waals surface area contributed by atoms with Gasteiger partial charge in [-0.05, 0) is 23.4 Å². The van der Waals surface area contributed by atoms with Crippen LogP contribution >= 0.6 is 11.3 Å². The second kappa shape index (κ2) is 7.97. The Hall–Kier alpha value is -2.08. The molecule has 0 aliphatic carbocycles. The molecule has 0 saturated carbocycles. The monoisotopic (exact) mass is 332 g/mol. The lowest BCUT2D eigenvalue weighted by atomic mass is 10.0. The van der Waals surface area contributed by atoms with E-state index in [1.165, 1.54) is 4.88 Å². The summed E-state index contributed by atoms with van der Waals surface area (Å²) in [5.41, 5.74) is 0.991. The van der Waals surface area contributed by atoms with E-state index >= 15 is 0 Å². The van der Waals surface area contributed by atoms with Crippen molar-refractivity contribution in [1.29, 1.82) is 0 Å². The molecule has 2 N–H and O–H groups in total. The van der Waals surface area contributed by atoms with Crippen LogP contribution in [0.5, 0.6) is 0 Å². The zero-order valence-electron chi connectivity index (χ0n) is 14.0. The highest BCUT2D eigenvalue weighted by Gasteiger charge is 2.19. The first-order chi connectivity index (χ1) is 11.0. The highest BCUT2D eigenvalue weighted by atomic mass is 32.1. The summed E-state index contributed by atoms with van der Waals surface area (Å²) in [6.07, 6.45) is 1.75. The average Bonchev–Trinajstić information content (AvgIpc) is 3.04. The molecular formula is C17H24N4OS. The smallest absolute Gasteiger partial charge is 0.315 e. The van der Waals surface area contributed by atoms with Crippen LogP contribution in [-0.4, -0.2) is 25.1 Å². The third-order valence-corrected chi connectivity index (χ3v) is 4.49. The van der Waals surface area contributed by atoms with Crippen molar-refractivity contribution in [2.24, 2.45) is 5.92 Å². The summed E-state index contributed by atoms with van der Waals surface area (Å²) in [5, 5.41) is 8.02. The number of carbonyl (C=O) groups excluding carboxylic acids is 1. The largest absolute Gasteiger partial charge is 0.362 e. The zero-order chi connectivity index (χ0) is 16.8. The molecule has 0 aromatic carbocycles. The van der Waals surface area contributed by atoms with Crippen LogP contribution in [0.2, 0.25) is 0 Å². The Morgan fingerprint density at radius 3 is 2.70 bits per heavy atom. The number of hydrogen-bond donors (Lipinski definition) is 2. The van der Waals surface area contributed by atoms with Crippen molar-refractivity contribution in [2.75, 3.05) is 19.0 Å². The van der Waals surface area contributed by atoms with Gasteiger partial charge in [0.2, 0.25) is 0 Å². The summed E-state index contributed by atoms with van der Waals surface area (Å²) >= 11 is 1.66. The molecule has 6 heteroatoms. The van der Waals surface area contributed by atoms with Gasteiger partial charge in [0.25, 0.3) is 0 Å². The van der Waals surface area contributed by atoms with Gasteiger partial charge in [-0.25, -0.2) is 9.78 Å². The van der Waals surface area contributed by atoms with Crippen molar-refractivity contribution in [3.63, 3.8) is 0 Å². The molecule has 2 aromatic rings. The van der Waals surface area contributed by atoms with E-state index < -0.39 is 0 Å². The van der Waals surface area contributed by atoms with Crippen LogP contribution in [-0.2, 0) is 6.54 Å². The number of rotatable bonds is 6. The predicted octanol–water partition coefficient (Wildman–Crippen LogP) is 3.41. The van der Waals surface area contributed by atoms with E-state index in [1.807, 2.05) is 42.6 Å². The van der Waals surface area contributed by atoms with Crippen LogP contribution in [0.4, 0.5) is 10.6 Å². The van der Waals surface area contributed by atoms with E-state index in [1.54, 1.807) is 17.5 Å². The molecule has 0 bridgehead atoms. The van der Waals surface area contributed by atoms with E-state index in [4.69, 9.17) is 0 Å². The molecule has 5 nitrogen and oxygen atoms in total. The third-order valence-electron chi connectivity index (χ3n) is 3.53. The molecule has 23 heavy (non-hydrogen) atoms. The highest BCUT2D eigenvalue weighted by Crippen LogP contribution is 2.25. The van der Waals surface area contributed by atoms with Gasteiger partial charge in [0, 0.05) is 37.3 Å². The van der Waals surface area contributed by atoms with Gasteiger partial charge < -0.3 is 15.5 Å². The number of hydrogen-bond acceptors (Lipinski definition) is 4. The first-order valence-electron chi connectivity index (χ1n) is 7.68. The van der Waals surface area contributed by atoms with Gasteiger partial charge >= 0.3 is 6.03 Å². The Morgan fingerprint density at radius 1 is 1.30 bits per heavy atom. The normalized spacial score (nSPS) is 12.0. The maximum absolute atomic E-state index is 12.3. The van der Waals surface area contributed by atoms with Crippen molar-refractivity contribution < 1.29 is 4.79 Å². The van der Waals surface area contributed by atoms with Gasteiger partial charge in [-0.2, -0.15) is 0 Å². The summed E-state index contributed by atoms with van der Waals surface area (Å²) in [6.45, 7) is 4.66. The molecule has 0 aliphatic rings. The van der Waals surface area contributed by atoms with Crippen molar-refractivity contribution >= 4 is 23.2 Å². The molecule has 1 unspecified atom stereocenters. The number of amides is 2. The van der Waals surface area contributed by atoms with Crippen molar-refractivity contribution in [3.8, 4) is 0 Å². The summed E-state index contributed by atoms with van der Waals surface area (Å²) in [7, 11) is 3.88. The van der Waals surface area contributed by atoms with Gasteiger partial charge in [0.05, 0.1) is 6.04 Å². The number of urea groups is 1. The Kier molecular flexibility index (Phi) is 5.98. The second-order valence-corrected chi connectivity index (χ2v) is 6.92. The average molecular weight is 332 g/mol. The minimum atomic E-state index is -0.161. The predicted molar refractivity (Wildman–Crippen MR) is 95.8 cm³/mol. The van der Waals surface area contributed by atoms with E-state index in [0.717, 1.165) is 11.4 Å². The summed E-state index contributed by atoms with van der Waals surface area (Å²) in [5.74, 6) is 1.20.